The van der Waals surface area contributed by atoms with E-state index in [2.05, 4.69) is 0 Å². The molecular formula is C25H25NO3S. The number of benzene rings is 3. The zero-order valence-electron chi connectivity index (χ0n) is 17.2. The Morgan fingerprint density at radius 1 is 0.900 bits per heavy atom. The molecule has 1 aliphatic rings. The molecular weight excluding hydrogens is 394 g/mol. The SMILES string of the molecule is Cc1ccc(S(=O)(=O)N2CC(C(=O)c3ccccc3)C(C)(c3ccccc3)C2)cc1. The normalized spacial score (nSPS) is 22.1. The average Bonchev–Trinajstić information content (AvgIpc) is 3.14. The first-order chi connectivity index (χ1) is 14.3. The van der Waals surface area contributed by atoms with Gasteiger partial charge in [-0.05, 0) is 24.6 Å². The second-order valence-corrected chi connectivity index (χ2v) is 10.1. The third-order valence-corrected chi connectivity index (χ3v) is 7.95. The highest BCUT2D eigenvalue weighted by Gasteiger charge is 2.51. The Balaban J connectivity index is 1.76. The summed E-state index contributed by atoms with van der Waals surface area (Å²) < 4.78 is 28.2. The molecule has 4 nitrogen and oxygen atoms in total. The maximum Gasteiger partial charge on any atom is 0.243 e. The summed E-state index contributed by atoms with van der Waals surface area (Å²) in [4.78, 5) is 13.7. The van der Waals surface area contributed by atoms with Gasteiger partial charge in [0.15, 0.2) is 5.78 Å². The van der Waals surface area contributed by atoms with Crippen LogP contribution in [-0.2, 0) is 15.4 Å². The molecule has 4 rings (SSSR count). The highest BCUT2D eigenvalue weighted by atomic mass is 32.2. The molecule has 1 heterocycles. The van der Waals surface area contributed by atoms with Gasteiger partial charge in [-0.3, -0.25) is 4.79 Å². The Morgan fingerprint density at radius 3 is 2.07 bits per heavy atom. The van der Waals surface area contributed by atoms with Gasteiger partial charge < -0.3 is 0 Å². The number of ketones is 1. The minimum atomic E-state index is -3.70. The van der Waals surface area contributed by atoms with Crippen molar-refractivity contribution in [3.8, 4) is 0 Å². The van der Waals surface area contributed by atoms with Crippen LogP contribution in [0.25, 0.3) is 0 Å². The van der Waals surface area contributed by atoms with Crippen molar-refractivity contribution < 1.29 is 13.2 Å². The number of hydrogen-bond donors (Lipinski definition) is 0. The van der Waals surface area contributed by atoms with Gasteiger partial charge in [0.2, 0.25) is 10.0 Å². The molecule has 0 aromatic heterocycles. The van der Waals surface area contributed by atoms with Crippen LogP contribution in [0, 0.1) is 12.8 Å². The number of aryl methyl sites for hydroxylation is 1. The Morgan fingerprint density at radius 2 is 1.47 bits per heavy atom. The van der Waals surface area contributed by atoms with Crippen LogP contribution in [0.4, 0.5) is 0 Å². The average molecular weight is 420 g/mol. The van der Waals surface area contributed by atoms with E-state index in [1.165, 1.54) is 4.31 Å². The van der Waals surface area contributed by atoms with Crippen molar-refractivity contribution in [2.75, 3.05) is 13.1 Å². The molecule has 5 heteroatoms. The van der Waals surface area contributed by atoms with Gasteiger partial charge in [0.25, 0.3) is 0 Å². The molecule has 0 radical (unpaired) electrons. The Bertz CT molecular complexity index is 1140. The van der Waals surface area contributed by atoms with Crippen LogP contribution < -0.4 is 0 Å². The molecule has 1 saturated heterocycles. The van der Waals surface area contributed by atoms with E-state index in [1.807, 2.05) is 62.4 Å². The van der Waals surface area contributed by atoms with E-state index in [-0.39, 0.29) is 23.8 Å². The van der Waals surface area contributed by atoms with Crippen LogP contribution in [-0.4, -0.2) is 31.6 Å². The number of carbonyl (C=O) groups excluding carboxylic acids is 1. The summed E-state index contributed by atoms with van der Waals surface area (Å²) in [6.45, 7) is 4.34. The Labute approximate surface area is 178 Å². The molecule has 0 bridgehead atoms. The van der Waals surface area contributed by atoms with Crippen molar-refractivity contribution >= 4 is 15.8 Å². The highest BCUT2D eigenvalue weighted by Crippen LogP contribution is 2.42. The molecule has 1 fully saturated rings. The summed E-state index contributed by atoms with van der Waals surface area (Å²) in [5, 5.41) is 0. The number of sulfonamides is 1. The lowest BCUT2D eigenvalue weighted by Gasteiger charge is -2.30. The fraction of sp³-hybridized carbons (Fsp3) is 0.240. The maximum absolute atomic E-state index is 13.5. The van der Waals surface area contributed by atoms with Crippen molar-refractivity contribution in [1.29, 1.82) is 0 Å². The standard InChI is InChI=1S/C25H25NO3S/c1-19-13-15-22(16-14-19)30(28,29)26-17-23(24(27)20-9-5-3-6-10-20)25(2,18-26)21-11-7-4-8-12-21/h3-16,23H,17-18H2,1-2H3. The summed E-state index contributed by atoms with van der Waals surface area (Å²) in [7, 11) is -3.70. The van der Waals surface area contributed by atoms with E-state index in [0.717, 1.165) is 11.1 Å². The zero-order valence-corrected chi connectivity index (χ0v) is 18.0. The van der Waals surface area contributed by atoms with Gasteiger partial charge in [0.05, 0.1) is 4.90 Å². The minimum Gasteiger partial charge on any atom is -0.294 e. The predicted molar refractivity (Wildman–Crippen MR) is 118 cm³/mol. The third kappa shape index (κ3) is 3.59. The van der Waals surface area contributed by atoms with Crippen LogP contribution in [0.1, 0.15) is 28.4 Å². The van der Waals surface area contributed by atoms with Crippen molar-refractivity contribution in [1.82, 2.24) is 4.31 Å². The first-order valence-corrected chi connectivity index (χ1v) is 11.5. The van der Waals surface area contributed by atoms with Crippen molar-refractivity contribution in [3.63, 3.8) is 0 Å². The Kier molecular flexibility index (Phi) is 5.35. The summed E-state index contributed by atoms with van der Waals surface area (Å²) in [5.74, 6) is -0.494. The lowest BCUT2D eigenvalue weighted by atomic mass is 9.71. The van der Waals surface area contributed by atoms with Crippen LogP contribution >= 0.6 is 0 Å². The zero-order chi connectivity index (χ0) is 21.4. The van der Waals surface area contributed by atoms with Gasteiger partial charge >= 0.3 is 0 Å². The van der Waals surface area contributed by atoms with Gasteiger partial charge in [-0.15, -0.1) is 0 Å². The number of rotatable bonds is 5. The molecule has 0 aliphatic carbocycles. The van der Waals surface area contributed by atoms with Gasteiger partial charge in [0, 0.05) is 30.0 Å². The first-order valence-electron chi connectivity index (χ1n) is 10.0. The van der Waals surface area contributed by atoms with Crippen LogP contribution in [0.3, 0.4) is 0 Å². The number of Topliss-reactive ketones (excluding diaryl/α,β-unsaturated/α-hetero) is 1. The van der Waals surface area contributed by atoms with Crippen LogP contribution in [0.2, 0.25) is 0 Å². The molecule has 0 amide bonds. The van der Waals surface area contributed by atoms with Crippen molar-refractivity contribution in [3.05, 3.63) is 102 Å². The smallest absolute Gasteiger partial charge is 0.243 e. The van der Waals surface area contributed by atoms with Gasteiger partial charge in [-0.1, -0.05) is 85.3 Å². The fourth-order valence-corrected chi connectivity index (χ4v) is 5.84. The van der Waals surface area contributed by atoms with Crippen molar-refractivity contribution in [2.24, 2.45) is 5.92 Å². The molecule has 154 valence electrons. The summed E-state index contributed by atoms with van der Waals surface area (Å²) in [6, 6.07) is 25.8. The summed E-state index contributed by atoms with van der Waals surface area (Å²) in [6.07, 6.45) is 0. The van der Waals surface area contributed by atoms with E-state index < -0.39 is 21.4 Å². The van der Waals surface area contributed by atoms with E-state index in [0.29, 0.717) is 5.56 Å². The molecule has 0 saturated carbocycles. The van der Waals surface area contributed by atoms with Crippen LogP contribution in [0.5, 0.6) is 0 Å². The van der Waals surface area contributed by atoms with E-state index in [4.69, 9.17) is 0 Å². The lowest BCUT2D eigenvalue weighted by molar-refractivity contribution is 0.0890. The Hall–Kier alpha value is -2.76. The van der Waals surface area contributed by atoms with E-state index in [1.54, 1.807) is 36.4 Å². The quantitative estimate of drug-likeness (QED) is 0.574. The molecule has 30 heavy (non-hydrogen) atoms. The number of carbonyl (C=O) groups is 1. The lowest BCUT2D eigenvalue weighted by Crippen LogP contribution is -2.36. The molecule has 2 atom stereocenters. The van der Waals surface area contributed by atoms with Gasteiger partial charge in [-0.2, -0.15) is 4.31 Å². The second kappa shape index (κ2) is 7.82. The largest absolute Gasteiger partial charge is 0.294 e. The topological polar surface area (TPSA) is 54.5 Å². The monoisotopic (exact) mass is 419 g/mol. The summed E-state index contributed by atoms with van der Waals surface area (Å²) in [5.41, 5.74) is 1.97. The molecule has 1 aliphatic heterocycles. The molecule has 0 spiro atoms. The fourth-order valence-electron chi connectivity index (χ4n) is 4.28. The summed E-state index contributed by atoms with van der Waals surface area (Å²) >= 11 is 0. The highest BCUT2D eigenvalue weighted by molar-refractivity contribution is 7.89. The molecule has 3 aromatic rings. The molecule has 2 unspecified atom stereocenters. The minimum absolute atomic E-state index is 0.0245. The van der Waals surface area contributed by atoms with E-state index in [9.17, 15) is 13.2 Å². The molecule has 0 N–H and O–H groups in total. The molecule has 3 aromatic carbocycles. The number of hydrogen-bond acceptors (Lipinski definition) is 3. The third-order valence-electron chi connectivity index (χ3n) is 6.13. The van der Waals surface area contributed by atoms with Gasteiger partial charge in [-0.25, -0.2) is 8.42 Å². The first kappa shape index (κ1) is 20.5. The predicted octanol–water partition coefficient (Wildman–Crippen LogP) is 4.46. The van der Waals surface area contributed by atoms with Gasteiger partial charge in [0.1, 0.15) is 0 Å². The van der Waals surface area contributed by atoms with Crippen LogP contribution in [0.15, 0.2) is 89.8 Å². The van der Waals surface area contributed by atoms with E-state index >= 15 is 0 Å². The maximum atomic E-state index is 13.5. The second-order valence-electron chi connectivity index (χ2n) is 8.18. The number of nitrogens with zero attached hydrogens (tertiary/aromatic N) is 1. The van der Waals surface area contributed by atoms with Crippen molar-refractivity contribution in [2.45, 2.75) is 24.2 Å².